The highest BCUT2D eigenvalue weighted by Crippen LogP contribution is 2.24. The minimum absolute atomic E-state index is 0.0808. The zero-order chi connectivity index (χ0) is 9.10. The van der Waals surface area contributed by atoms with Crippen molar-refractivity contribution < 1.29 is 4.79 Å². The summed E-state index contributed by atoms with van der Waals surface area (Å²) in [6.07, 6.45) is 7.31. The fraction of sp³-hybridized carbons (Fsp3) is 0.625. The van der Waals surface area contributed by atoms with Gasteiger partial charge < -0.3 is 0 Å². The highest BCUT2D eigenvalue weighted by molar-refractivity contribution is 5.86. The first-order valence-corrected chi connectivity index (χ1v) is 4.52. The van der Waals surface area contributed by atoms with E-state index < -0.39 is 0 Å². The third-order valence-corrected chi connectivity index (χ3v) is 2.38. The Morgan fingerprint density at radius 3 is 2.54 bits per heavy atom. The molecule has 0 saturated heterocycles. The SMILES string of the molecule is O=C(Nn1cnnc1)C1CCCC1. The molecule has 1 N–H and O–H groups in total. The van der Waals surface area contributed by atoms with Gasteiger partial charge in [0.25, 0.3) is 0 Å². The molecule has 0 radical (unpaired) electrons. The minimum Gasteiger partial charge on any atom is -0.273 e. The van der Waals surface area contributed by atoms with Gasteiger partial charge in [0.1, 0.15) is 12.7 Å². The second-order valence-corrected chi connectivity index (χ2v) is 3.33. The predicted molar refractivity (Wildman–Crippen MR) is 46.3 cm³/mol. The molecular formula is C8H12N4O. The van der Waals surface area contributed by atoms with E-state index in [0.29, 0.717) is 0 Å². The average Bonchev–Trinajstić information content (AvgIpc) is 2.74. The number of aromatic nitrogens is 3. The van der Waals surface area contributed by atoms with Crippen LogP contribution in [0.4, 0.5) is 0 Å². The van der Waals surface area contributed by atoms with Crippen molar-refractivity contribution in [2.75, 3.05) is 5.43 Å². The summed E-state index contributed by atoms with van der Waals surface area (Å²) in [6.45, 7) is 0. The standard InChI is InChI=1S/C8H12N4O/c13-8(7-3-1-2-4-7)11-12-5-9-10-6-12/h5-7H,1-4H2,(H,11,13). The van der Waals surface area contributed by atoms with Crippen molar-refractivity contribution in [2.45, 2.75) is 25.7 Å². The van der Waals surface area contributed by atoms with Crippen molar-refractivity contribution >= 4 is 5.91 Å². The van der Waals surface area contributed by atoms with E-state index in [1.165, 1.54) is 30.2 Å². The van der Waals surface area contributed by atoms with E-state index in [4.69, 9.17) is 0 Å². The fourth-order valence-electron chi connectivity index (χ4n) is 1.66. The van der Waals surface area contributed by atoms with Gasteiger partial charge in [-0.3, -0.25) is 10.2 Å². The molecular weight excluding hydrogens is 168 g/mol. The van der Waals surface area contributed by atoms with E-state index in [9.17, 15) is 4.79 Å². The van der Waals surface area contributed by atoms with E-state index in [0.717, 1.165) is 12.8 Å². The second-order valence-electron chi connectivity index (χ2n) is 3.33. The Hall–Kier alpha value is -1.39. The van der Waals surface area contributed by atoms with Crippen molar-refractivity contribution in [1.82, 2.24) is 14.9 Å². The molecule has 13 heavy (non-hydrogen) atoms. The molecule has 1 fully saturated rings. The van der Waals surface area contributed by atoms with Crippen molar-refractivity contribution in [3.63, 3.8) is 0 Å². The first-order chi connectivity index (χ1) is 6.36. The maximum Gasteiger partial charge on any atom is 0.241 e. The van der Waals surface area contributed by atoms with Gasteiger partial charge in [-0.2, -0.15) is 0 Å². The summed E-state index contributed by atoms with van der Waals surface area (Å²) in [5.41, 5.74) is 2.72. The molecule has 1 heterocycles. The van der Waals surface area contributed by atoms with Crippen LogP contribution in [0.2, 0.25) is 0 Å². The van der Waals surface area contributed by atoms with Crippen LogP contribution in [0.1, 0.15) is 25.7 Å². The Kier molecular flexibility index (Phi) is 2.25. The van der Waals surface area contributed by atoms with Gasteiger partial charge in [-0.15, -0.1) is 10.2 Å². The van der Waals surface area contributed by atoms with Gasteiger partial charge in [0.05, 0.1) is 0 Å². The Morgan fingerprint density at radius 1 is 1.31 bits per heavy atom. The van der Waals surface area contributed by atoms with Gasteiger partial charge in [-0.25, -0.2) is 4.68 Å². The van der Waals surface area contributed by atoms with E-state index >= 15 is 0 Å². The van der Waals surface area contributed by atoms with Crippen LogP contribution >= 0.6 is 0 Å². The van der Waals surface area contributed by atoms with Crippen molar-refractivity contribution in [2.24, 2.45) is 5.92 Å². The lowest BCUT2D eigenvalue weighted by molar-refractivity contribution is -0.120. The van der Waals surface area contributed by atoms with Crippen LogP contribution < -0.4 is 5.43 Å². The topological polar surface area (TPSA) is 59.8 Å². The molecule has 1 aliphatic rings. The molecule has 0 bridgehead atoms. The molecule has 1 aromatic heterocycles. The van der Waals surface area contributed by atoms with Gasteiger partial charge in [-0.05, 0) is 12.8 Å². The van der Waals surface area contributed by atoms with Gasteiger partial charge in [-0.1, -0.05) is 12.8 Å². The number of nitrogens with one attached hydrogen (secondary N) is 1. The lowest BCUT2D eigenvalue weighted by Crippen LogP contribution is -2.27. The van der Waals surface area contributed by atoms with E-state index in [-0.39, 0.29) is 11.8 Å². The molecule has 5 heteroatoms. The Balaban J connectivity index is 1.91. The van der Waals surface area contributed by atoms with Crippen molar-refractivity contribution in [3.05, 3.63) is 12.7 Å². The van der Waals surface area contributed by atoms with Crippen LogP contribution in [0, 0.1) is 5.92 Å². The largest absolute Gasteiger partial charge is 0.273 e. The Morgan fingerprint density at radius 2 is 1.92 bits per heavy atom. The highest BCUT2D eigenvalue weighted by atomic mass is 16.2. The fourth-order valence-corrected chi connectivity index (χ4v) is 1.66. The lowest BCUT2D eigenvalue weighted by Gasteiger charge is -2.09. The number of carbonyl (C=O) groups is 1. The quantitative estimate of drug-likeness (QED) is 0.722. The number of nitrogens with zero attached hydrogens (tertiary/aromatic N) is 3. The van der Waals surface area contributed by atoms with Crippen molar-refractivity contribution in [3.8, 4) is 0 Å². The van der Waals surface area contributed by atoms with Crippen molar-refractivity contribution in [1.29, 1.82) is 0 Å². The molecule has 1 amide bonds. The monoisotopic (exact) mass is 180 g/mol. The second kappa shape index (κ2) is 3.55. The lowest BCUT2D eigenvalue weighted by atomic mass is 10.1. The molecule has 0 unspecified atom stereocenters. The van der Waals surface area contributed by atoms with E-state index in [2.05, 4.69) is 15.6 Å². The van der Waals surface area contributed by atoms with Crippen LogP contribution in [0.15, 0.2) is 12.7 Å². The number of hydrogen-bond donors (Lipinski definition) is 1. The third kappa shape index (κ3) is 1.85. The summed E-state index contributed by atoms with van der Waals surface area (Å²) in [7, 11) is 0. The molecule has 0 aromatic carbocycles. The predicted octanol–water partition coefficient (Wildman–Crippen LogP) is 0.538. The van der Waals surface area contributed by atoms with Crippen LogP contribution in [-0.4, -0.2) is 20.8 Å². The molecule has 0 aliphatic heterocycles. The summed E-state index contributed by atoms with van der Waals surface area (Å²) < 4.78 is 1.49. The maximum absolute atomic E-state index is 11.5. The molecule has 70 valence electrons. The highest BCUT2D eigenvalue weighted by Gasteiger charge is 2.22. The molecule has 1 aromatic rings. The van der Waals surface area contributed by atoms with E-state index in [1.54, 1.807) is 0 Å². The zero-order valence-electron chi connectivity index (χ0n) is 7.31. The van der Waals surface area contributed by atoms with E-state index in [1.807, 2.05) is 0 Å². The summed E-state index contributed by atoms with van der Waals surface area (Å²) >= 11 is 0. The number of carbonyl (C=O) groups excluding carboxylic acids is 1. The molecule has 1 saturated carbocycles. The maximum atomic E-state index is 11.5. The number of rotatable bonds is 2. The van der Waals surface area contributed by atoms with Gasteiger partial charge in [0.2, 0.25) is 5.91 Å². The first kappa shape index (κ1) is 8.22. The zero-order valence-corrected chi connectivity index (χ0v) is 7.31. The molecule has 0 spiro atoms. The van der Waals surface area contributed by atoms with Crippen LogP contribution in [0.3, 0.4) is 0 Å². The van der Waals surface area contributed by atoms with Crippen LogP contribution in [0.5, 0.6) is 0 Å². The Bertz CT molecular complexity index is 276. The molecule has 2 rings (SSSR count). The third-order valence-electron chi connectivity index (χ3n) is 2.38. The average molecular weight is 180 g/mol. The number of hydrogen-bond acceptors (Lipinski definition) is 3. The van der Waals surface area contributed by atoms with Gasteiger partial charge in [0, 0.05) is 5.92 Å². The molecule has 1 aliphatic carbocycles. The smallest absolute Gasteiger partial charge is 0.241 e. The number of amides is 1. The molecule has 5 nitrogen and oxygen atoms in total. The first-order valence-electron chi connectivity index (χ1n) is 4.52. The Labute approximate surface area is 76.1 Å². The summed E-state index contributed by atoms with van der Waals surface area (Å²) in [5, 5.41) is 7.20. The van der Waals surface area contributed by atoms with Crippen LogP contribution in [-0.2, 0) is 4.79 Å². The summed E-state index contributed by atoms with van der Waals surface area (Å²) in [5.74, 6) is 0.264. The summed E-state index contributed by atoms with van der Waals surface area (Å²) in [4.78, 5) is 11.5. The normalized spacial score (nSPS) is 17.5. The van der Waals surface area contributed by atoms with Gasteiger partial charge >= 0.3 is 0 Å². The van der Waals surface area contributed by atoms with Crippen LogP contribution in [0.25, 0.3) is 0 Å². The van der Waals surface area contributed by atoms with Gasteiger partial charge in [0.15, 0.2) is 0 Å². The molecule has 0 atom stereocenters. The summed E-state index contributed by atoms with van der Waals surface area (Å²) in [6, 6.07) is 0. The minimum atomic E-state index is 0.0808.